The molecule has 0 bridgehead atoms. The number of carbonyl (C=O) groups is 1. The molecule has 39 heavy (non-hydrogen) atoms. The lowest BCUT2D eigenvalue weighted by molar-refractivity contribution is -0.130. The number of imidazole rings is 1. The number of aryl methyl sites for hydroxylation is 1. The number of hydrogen-bond acceptors (Lipinski definition) is 6. The van der Waals surface area contributed by atoms with E-state index in [4.69, 9.17) is 9.72 Å². The molecule has 0 radical (unpaired) electrons. The number of likely N-dealkylation sites (tertiary alicyclic amines) is 1. The maximum absolute atomic E-state index is 13.7. The van der Waals surface area contributed by atoms with Gasteiger partial charge in [-0.25, -0.2) is 14.8 Å². The molecular weight excluding hydrogens is 516 g/mol. The van der Waals surface area contributed by atoms with Crippen LogP contribution >= 0.6 is 12.4 Å². The van der Waals surface area contributed by atoms with Crippen molar-refractivity contribution in [1.82, 2.24) is 24.0 Å². The number of carbonyl (C=O) groups excluding carboxylic acids is 1. The standard InChI is InChI=1S/C29H36N6O3.ClH/c1-20-4-2-5-24(18-20)35-26(19-34(29(35)37)23-12-16-38-17-13-23)25-11-14-30-28(32-25)31-21-7-9-22(10-8-21)33-15-3-6-27(33)36;/h2,4-5,11,14,18-19,21-23H,3,6-10,12-13,15-17H2,1H3,(H,30,31,32);1H. The van der Waals surface area contributed by atoms with Crippen molar-refractivity contribution in [3.05, 3.63) is 58.8 Å². The Balaban J connectivity index is 0.00000308. The second-order valence-electron chi connectivity index (χ2n) is 10.8. The highest BCUT2D eigenvalue weighted by atomic mass is 35.5. The summed E-state index contributed by atoms with van der Waals surface area (Å²) in [5.74, 6) is 0.884. The third-order valence-electron chi connectivity index (χ3n) is 8.26. The largest absolute Gasteiger partial charge is 0.381 e. The van der Waals surface area contributed by atoms with Crippen LogP contribution in [0.5, 0.6) is 0 Å². The van der Waals surface area contributed by atoms with Crippen LogP contribution in [0.4, 0.5) is 5.95 Å². The Morgan fingerprint density at radius 1 is 1.00 bits per heavy atom. The second kappa shape index (κ2) is 11.9. The van der Waals surface area contributed by atoms with Crippen molar-refractivity contribution in [2.24, 2.45) is 0 Å². The van der Waals surface area contributed by atoms with Gasteiger partial charge in [0.05, 0.1) is 17.1 Å². The molecule has 1 N–H and O–H groups in total. The van der Waals surface area contributed by atoms with Crippen molar-refractivity contribution in [2.45, 2.75) is 76.4 Å². The number of nitrogens with one attached hydrogen (secondary N) is 1. The van der Waals surface area contributed by atoms with Gasteiger partial charge in [0.2, 0.25) is 11.9 Å². The summed E-state index contributed by atoms with van der Waals surface area (Å²) in [4.78, 5) is 37.3. The van der Waals surface area contributed by atoms with Gasteiger partial charge >= 0.3 is 5.69 Å². The van der Waals surface area contributed by atoms with E-state index in [0.717, 1.165) is 68.4 Å². The van der Waals surface area contributed by atoms with E-state index in [1.54, 1.807) is 10.8 Å². The molecule has 1 aliphatic carbocycles. The number of aromatic nitrogens is 4. The zero-order valence-corrected chi connectivity index (χ0v) is 23.2. The fraction of sp³-hybridized carbons (Fsp3) is 0.517. The number of ether oxygens (including phenoxy) is 1. The van der Waals surface area contributed by atoms with Crippen LogP contribution in [0.25, 0.3) is 17.1 Å². The molecule has 10 heteroatoms. The number of anilines is 1. The number of amides is 1. The molecule has 0 spiro atoms. The fourth-order valence-corrected chi connectivity index (χ4v) is 6.23. The highest BCUT2D eigenvalue weighted by molar-refractivity contribution is 5.85. The summed E-state index contributed by atoms with van der Waals surface area (Å²) in [7, 11) is 0. The van der Waals surface area contributed by atoms with E-state index < -0.39 is 0 Å². The minimum absolute atomic E-state index is 0. The number of nitrogens with zero attached hydrogens (tertiary/aromatic N) is 5. The molecule has 208 valence electrons. The third kappa shape index (κ3) is 5.75. The Labute approximate surface area is 235 Å². The first-order valence-electron chi connectivity index (χ1n) is 13.9. The van der Waals surface area contributed by atoms with Crippen LogP contribution in [0.2, 0.25) is 0 Å². The van der Waals surface area contributed by atoms with Crippen LogP contribution in [-0.4, -0.2) is 61.8 Å². The first-order chi connectivity index (χ1) is 18.6. The van der Waals surface area contributed by atoms with Crippen LogP contribution in [0.3, 0.4) is 0 Å². The van der Waals surface area contributed by atoms with Crippen LogP contribution in [0.15, 0.2) is 47.5 Å². The van der Waals surface area contributed by atoms with Gasteiger partial charge in [0, 0.05) is 56.7 Å². The molecule has 3 aromatic rings. The molecule has 1 saturated carbocycles. The maximum Gasteiger partial charge on any atom is 0.333 e. The lowest BCUT2D eigenvalue weighted by Gasteiger charge is -2.34. The summed E-state index contributed by atoms with van der Waals surface area (Å²) in [5.41, 5.74) is 3.34. The minimum atomic E-state index is -0.0552. The van der Waals surface area contributed by atoms with Crippen LogP contribution in [0.1, 0.15) is 63.0 Å². The predicted molar refractivity (Wildman–Crippen MR) is 153 cm³/mol. The van der Waals surface area contributed by atoms with Crippen LogP contribution in [0, 0.1) is 6.92 Å². The quantitative estimate of drug-likeness (QED) is 0.483. The second-order valence-corrected chi connectivity index (χ2v) is 10.8. The van der Waals surface area contributed by atoms with Gasteiger partial charge in [-0.3, -0.25) is 13.9 Å². The number of hydrogen-bond donors (Lipinski definition) is 1. The van der Waals surface area contributed by atoms with Crippen molar-refractivity contribution < 1.29 is 9.53 Å². The van der Waals surface area contributed by atoms with Gasteiger partial charge in [-0.05, 0) is 75.6 Å². The Bertz CT molecular complexity index is 1360. The van der Waals surface area contributed by atoms with E-state index in [-0.39, 0.29) is 30.2 Å². The Morgan fingerprint density at radius 2 is 1.79 bits per heavy atom. The maximum atomic E-state index is 13.7. The van der Waals surface area contributed by atoms with Crippen molar-refractivity contribution >= 4 is 24.3 Å². The van der Waals surface area contributed by atoms with E-state index in [0.29, 0.717) is 43.2 Å². The Hall–Kier alpha value is -3.17. The number of benzene rings is 1. The zero-order valence-electron chi connectivity index (χ0n) is 22.4. The molecule has 9 nitrogen and oxygen atoms in total. The van der Waals surface area contributed by atoms with Crippen LogP contribution in [-0.2, 0) is 9.53 Å². The molecule has 3 aliphatic rings. The summed E-state index contributed by atoms with van der Waals surface area (Å²) in [5, 5.41) is 3.53. The third-order valence-corrected chi connectivity index (χ3v) is 8.26. The Morgan fingerprint density at radius 3 is 2.51 bits per heavy atom. The summed E-state index contributed by atoms with van der Waals surface area (Å²) in [6.45, 7) is 4.27. The van der Waals surface area contributed by atoms with E-state index >= 15 is 0 Å². The van der Waals surface area contributed by atoms with E-state index in [9.17, 15) is 9.59 Å². The van der Waals surface area contributed by atoms with Gasteiger partial charge in [-0.15, -0.1) is 12.4 Å². The molecule has 1 amide bonds. The fourth-order valence-electron chi connectivity index (χ4n) is 6.23. The monoisotopic (exact) mass is 552 g/mol. The lowest BCUT2D eigenvalue weighted by Crippen LogP contribution is -2.41. The topological polar surface area (TPSA) is 94.3 Å². The molecule has 6 rings (SSSR count). The number of rotatable bonds is 6. The molecular formula is C29H37ClN6O3. The molecule has 2 aliphatic heterocycles. The van der Waals surface area contributed by atoms with E-state index in [2.05, 4.69) is 15.2 Å². The molecule has 3 fully saturated rings. The average molecular weight is 553 g/mol. The van der Waals surface area contributed by atoms with E-state index in [1.807, 2.05) is 48.0 Å². The lowest BCUT2D eigenvalue weighted by atomic mass is 9.90. The average Bonchev–Trinajstić information content (AvgIpc) is 3.52. The molecule has 2 saturated heterocycles. The van der Waals surface area contributed by atoms with Gasteiger partial charge < -0.3 is 15.0 Å². The van der Waals surface area contributed by atoms with Crippen molar-refractivity contribution in [2.75, 3.05) is 25.1 Å². The summed E-state index contributed by atoms with van der Waals surface area (Å²) in [6.07, 6.45) is 11.0. The molecule has 4 heterocycles. The Kier molecular flexibility index (Phi) is 8.37. The molecule has 1 aromatic carbocycles. The van der Waals surface area contributed by atoms with Gasteiger partial charge in [-0.1, -0.05) is 12.1 Å². The highest BCUT2D eigenvalue weighted by Crippen LogP contribution is 2.29. The smallest absolute Gasteiger partial charge is 0.333 e. The molecule has 0 atom stereocenters. The van der Waals surface area contributed by atoms with Crippen LogP contribution < -0.4 is 11.0 Å². The number of halogens is 1. The van der Waals surface area contributed by atoms with Crippen molar-refractivity contribution in [1.29, 1.82) is 0 Å². The first kappa shape index (κ1) is 27.4. The SMILES string of the molecule is Cc1cccc(-n2c(-c3ccnc(NC4CCC(N5CCCC5=O)CC4)n3)cn(C3CCOCC3)c2=O)c1.Cl. The summed E-state index contributed by atoms with van der Waals surface area (Å²) < 4.78 is 9.17. The summed E-state index contributed by atoms with van der Waals surface area (Å²) >= 11 is 0. The van der Waals surface area contributed by atoms with Gasteiger partial charge in [-0.2, -0.15) is 0 Å². The van der Waals surface area contributed by atoms with Crippen molar-refractivity contribution in [3.63, 3.8) is 0 Å². The van der Waals surface area contributed by atoms with Gasteiger partial charge in [0.25, 0.3) is 0 Å². The van der Waals surface area contributed by atoms with Crippen molar-refractivity contribution in [3.8, 4) is 17.1 Å². The van der Waals surface area contributed by atoms with E-state index in [1.165, 1.54) is 0 Å². The summed E-state index contributed by atoms with van der Waals surface area (Å²) in [6, 6.07) is 10.6. The first-order valence-corrected chi connectivity index (χ1v) is 13.9. The molecule has 0 unspecified atom stereocenters. The zero-order chi connectivity index (χ0) is 26.1. The highest BCUT2D eigenvalue weighted by Gasteiger charge is 2.31. The van der Waals surface area contributed by atoms with Gasteiger partial charge in [0.1, 0.15) is 0 Å². The normalized spacial score (nSPS) is 22.1. The van der Waals surface area contributed by atoms with Gasteiger partial charge in [0.15, 0.2) is 0 Å². The minimum Gasteiger partial charge on any atom is -0.381 e. The predicted octanol–water partition coefficient (Wildman–Crippen LogP) is 4.52. The molecule has 2 aromatic heterocycles.